The Labute approximate surface area is 97.1 Å². The normalized spacial score (nSPS) is 15.0. The number of hydrogen-bond acceptors (Lipinski definition) is 3. The van der Waals surface area contributed by atoms with Crippen molar-refractivity contribution in [1.82, 2.24) is 5.32 Å². The maximum absolute atomic E-state index is 8.70. The van der Waals surface area contributed by atoms with Crippen molar-refractivity contribution in [1.29, 1.82) is 0 Å². The molecule has 0 atom stereocenters. The maximum Gasteiger partial charge on any atom is 0.0556 e. The summed E-state index contributed by atoms with van der Waals surface area (Å²) in [6.45, 7) is 2.87. The number of nitrogens with zero attached hydrogens (tertiary/aromatic N) is 1. The molecule has 0 bridgehead atoms. The molecule has 2 N–H and O–H groups in total. The SMILES string of the molecule is CN1CCCc2cc(CNCCO)ccc21. The van der Waals surface area contributed by atoms with Crippen molar-refractivity contribution in [2.24, 2.45) is 0 Å². The molecular weight excluding hydrogens is 200 g/mol. The van der Waals surface area contributed by atoms with Crippen LogP contribution in [0.1, 0.15) is 17.5 Å². The molecule has 0 radical (unpaired) electrons. The summed E-state index contributed by atoms with van der Waals surface area (Å²) in [7, 11) is 2.15. The van der Waals surface area contributed by atoms with E-state index in [4.69, 9.17) is 5.11 Å². The molecule has 0 saturated carbocycles. The van der Waals surface area contributed by atoms with Crippen LogP contribution in [-0.2, 0) is 13.0 Å². The van der Waals surface area contributed by atoms with Gasteiger partial charge in [-0.1, -0.05) is 12.1 Å². The molecule has 88 valence electrons. The van der Waals surface area contributed by atoms with E-state index < -0.39 is 0 Å². The van der Waals surface area contributed by atoms with Gasteiger partial charge in [-0.25, -0.2) is 0 Å². The molecule has 16 heavy (non-hydrogen) atoms. The van der Waals surface area contributed by atoms with Gasteiger partial charge < -0.3 is 15.3 Å². The predicted octanol–water partition coefficient (Wildman–Crippen LogP) is 1.15. The third-order valence-corrected chi connectivity index (χ3v) is 3.11. The van der Waals surface area contributed by atoms with E-state index in [9.17, 15) is 0 Å². The van der Waals surface area contributed by atoms with Crippen molar-refractivity contribution in [2.75, 3.05) is 31.6 Å². The first kappa shape index (κ1) is 11.4. The van der Waals surface area contributed by atoms with Gasteiger partial charge in [0.05, 0.1) is 6.61 Å². The summed E-state index contributed by atoms with van der Waals surface area (Å²) in [6, 6.07) is 6.67. The molecule has 0 spiro atoms. The molecule has 0 saturated heterocycles. The predicted molar refractivity (Wildman–Crippen MR) is 66.8 cm³/mol. The number of rotatable bonds is 4. The summed E-state index contributed by atoms with van der Waals surface area (Å²) in [6.07, 6.45) is 2.44. The highest BCUT2D eigenvalue weighted by molar-refractivity contribution is 5.56. The van der Waals surface area contributed by atoms with E-state index in [2.05, 4.69) is 35.5 Å². The third kappa shape index (κ3) is 2.54. The summed E-state index contributed by atoms with van der Waals surface area (Å²) in [5, 5.41) is 11.9. The monoisotopic (exact) mass is 220 g/mol. The zero-order chi connectivity index (χ0) is 11.4. The van der Waals surface area contributed by atoms with E-state index in [0.29, 0.717) is 6.54 Å². The Kier molecular flexibility index (Phi) is 3.80. The van der Waals surface area contributed by atoms with Crippen molar-refractivity contribution in [3.8, 4) is 0 Å². The summed E-state index contributed by atoms with van der Waals surface area (Å²) >= 11 is 0. The molecule has 0 unspecified atom stereocenters. The number of benzene rings is 1. The van der Waals surface area contributed by atoms with Gasteiger partial charge in [-0.05, 0) is 30.0 Å². The second-order valence-electron chi connectivity index (χ2n) is 4.39. The highest BCUT2D eigenvalue weighted by Gasteiger charge is 2.13. The Morgan fingerprint density at radius 2 is 2.31 bits per heavy atom. The maximum atomic E-state index is 8.70. The van der Waals surface area contributed by atoms with Crippen LogP contribution in [0.3, 0.4) is 0 Å². The average Bonchev–Trinajstić information content (AvgIpc) is 2.30. The number of hydrogen-bond donors (Lipinski definition) is 2. The molecule has 1 aromatic rings. The van der Waals surface area contributed by atoms with Crippen LogP contribution in [0.4, 0.5) is 5.69 Å². The molecule has 0 fully saturated rings. The van der Waals surface area contributed by atoms with Crippen molar-refractivity contribution < 1.29 is 5.11 Å². The van der Waals surface area contributed by atoms with Crippen molar-refractivity contribution in [2.45, 2.75) is 19.4 Å². The van der Waals surface area contributed by atoms with Crippen LogP contribution in [-0.4, -0.2) is 31.9 Å². The Hall–Kier alpha value is -1.06. The summed E-state index contributed by atoms with van der Waals surface area (Å²) in [5.41, 5.74) is 4.14. The first-order valence-electron chi connectivity index (χ1n) is 5.96. The number of fused-ring (bicyclic) bond motifs is 1. The van der Waals surface area contributed by atoms with Gasteiger partial charge in [0.1, 0.15) is 0 Å². The second-order valence-corrected chi connectivity index (χ2v) is 4.39. The molecule has 3 heteroatoms. The van der Waals surface area contributed by atoms with Gasteiger partial charge in [0.2, 0.25) is 0 Å². The molecule has 2 rings (SSSR count). The Morgan fingerprint density at radius 1 is 1.44 bits per heavy atom. The minimum Gasteiger partial charge on any atom is -0.395 e. The van der Waals surface area contributed by atoms with Gasteiger partial charge in [-0.2, -0.15) is 0 Å². The van der Waals surface area contributed by atoms with Crippen LogP contribution in [0, 0.1) is 0 Å². The van der Waals surface area contributed by atoms with Crippen LogP contribution in [0.5, 0.6) is 0 Å². The lowest BCUT2D eigenvalue weighted by molar-refractivity contribution is 0.292. The van der Waals surface area contributed by atoms with Crippen LogP contribution >= 0.6 is 0 Å². The van der Waals surface area contributed by atoms with Crippen LogP contribution in [0.2, 0.25) is 0 Å². The van der Waals surface area contributed by atoms with Crippen LogP contribution in [0.15, 0.2) is 18.2 Å². The summed E-state index contributed by atoms with van der Waals surface area (Å²) in [4.78, 5) is 2.32. The summed E-state index contributed by atoms with van der Waals surface area (Å²) < 4.78 is 0. The smallest absolute Gasteiger partial charge is 0.0556 e. The topological polar surface area (TPSA) is 35.5 Å². The average molecular weight is 220 g/mol. The van der Waals surface area contributed by atoms with Gasteiger partial charge in [0.15, 0.2) is 0 Å². The fourth-order valence-electron chi connectivity index (χ4n) is 2.26. The van der Waals surface area contributed by atoms with Gasteiger partial charge >= 0.3 is 0 Å². The fraction of sp³-hybridized carbons (Fsp3) is 0.538. The second kappa shape index (κ2) is 5.32. The Morgan fingerprint density at radius 3 is 3.12 bits per heavy atom. The highest BCUT2D eigenvalue weighted by atomic mass is 16.3. The number of aryl methyl sites for hydroxylation is 1. The lowest BCUT2D eigenvalue weighted by atomic mass is 9.99. The minimum atomic E-state index is 0.202. The Bertz CT molecular complexity index is 352. The van der Waals surface area contributed by atoms with E-state index in [1.807, 2.05) is 0 Å². The molecule has 1 heterocycles. The summed E-state index contributed by atoms with van der Waals surface area (Å²) in [5.74, 6) is 0. The standard InChI is InChI=1S/C13H20N2O/c1-15-7-2-3-12-9-11(4-5-13(12)15)10-14-6-8-16/h4-5,9,14,16H,2-3,6-8,10H2,1H3. The largest absolute Gasteiger partial charge is 0.395 e. The lowest BCUT2D eigenvalue weighted by Gasteiger charge is -2.27. The fourth-order valence-corrected chi connectivity index (χ4v) is 2.26. The zero-order valence-corrected chi connectivity index (χ0v) is 9.87. The molecule has 1 aliphatic heterocycles. The molecule has 1 aromatic carbocycles. The van der Waals surface area contributed by atoms with Gasteiger partial charge in [0.25, 0.3) is 0 Å². The van der Waals surface area contributed by atoms with Gasteiger partial charge in [-0.3, -0.25) is 0 Å². The van der Waals surface area contributed by atoms with E-state index in [0.717, 1.165) is 13.1 Å². The first-order chi connectivity index (χ1) is 7.81. The molecule has 1 aliphatic rings. The lowest BCUT2D eigenvalue weighted by Crippen LogP contribution is -2.25. The molecular formula is C13H20N2O. The highest BCUT2D eigenvalue weighted by Crippen LogP contribution is 2.26. The number of aliphatic hydroxyl groups is 1. The molecule has 0 aromatic heterocycles. The number of aliphatic hydroxyl groups excluding tert-OH is 1. The van der Waals surface area contributed by atoms with E-state index >= 15 is 0 Å². The molecule has 0 aliphatic carbocycles. The third-order valence-electron chi connectivity index (χ3n) is 3.11. The number of anilines is 1. The molecule has 3 nitrogen and oxygen atoms in total. The van der Waals surface area contributed by atoms with E-state index in [-0.39, 0.29) is 6.61 Å². The van der Waals surface area contributed by atoms with E-state index in [1.54, 1.807) is 0 Å². The van der Waals surface area contributed by atoms with Gasteiger partial charge in [-0.15, -0.1) is 0 Å². The minimum absolute atomic E-state index is 0.202. The van der Waals surface area contributed by atoms with Crippen LogP contribution < -0.4 is 10.2 Å². The van der Waals surface area contributed by atoms with Crippen molar-refractivity contribution in [3.05, 3.63) is 29.3 Å². The quantitative estimate of drug-likeness (QED) is 0.747. The van der Waals surface area contributed by atoms with Crippen molar-refractivity contribution in [3.63, 3.8) is 0 Å². The van der Waals surface area contributed by atoms with Crippen molar-refractivity contribution >= 4 is 5.69 Å². The molecule has 0 amide bonds. The van der Waals surface area contributed by atoms with Crippen LogP contribution in [0.25, 0.3) is 0 Å². The number of nitrogens with one attached hydrogen (secondary N) is 1. The van der Waals surface area contributed by atoms with E-state index in [1.165, 1.54) is 29.7 Å². The van der Waals surface area contributed by atoms with Gasteiger partial charge in [0, 0.05) is 32.4 Å². The first-order valence-corrected chi connectivity index (χ1v) is 5.96. The Balaban J connectivity index is 2.06. The zero-order valence-electron chi connectivity index (χ0n) is 9.87.